The van der Waals surface area contributed by atoms with Crippen LogP contribution in [0.25, 0.3) is 0 Å². The van der Waals surface area contributed by atoms with Crippen LogP contribution in [-0.4, -0.2) is 49.3 Å². The maximum Gasteiger partial charge on any atom is 0.472 e. The van der Waals surface area contributed by atoms with E-state index in [-0.39, 0.29) is 32.6 Å². The third kappa shape index (κ3) is 46.3. The van der Waals surface area contributed by atoms with Crippen LogP contribution in [0.3, 0.4) is 0 Å². The summed E-state index contributed by atoms with van der Waals surface area (Å²) in [5, 5.41) is 0. The van der Waals surface area contributed by atoms with Gasteiger partial charge in [0, 0.05) is 19.4 Å². The summed E-state index contributed by atoms with van der Waals surface area (Å²) in [6.07, 6.45) is 60.1. The molecule has 0 bridgehead atoms. The lowest BCUT2D eigenvalue weighted by molar-refractivity contribution is -0.161. The van der Waals surface area contributed by atoms with Crippen LogP contribution in [0.15, 0.2) is 97.2 Å². The van der Waals surface area contributed by atoms with Gasteiger partial charge in [-0.05, 0) is 96.3 Å². The third-order valence-electron chi connectivity index (χ3n) is 9.45. The molecule has 3 N–H and O–H groups in total. The van der Waals surface area contributed by atoms with E-state index in [1.54, 1.807) is 0 Å². The van der Waals surface area contributed by atoms with Gasteiger partial charge < -0.3 is 20.1 Å². The second-order valence-corrected chi connectivity index (χ2v) is 16.7. The lowest BCUT2D eigenvalue weighted by Crippen LogP contribution is -2.29. The predicted molar refractivity (Wildman–Crippen MR) is 256 cm³/mol. The van der Waals surface area contributed by atoms with Gasteiger partial charge in [-0.25, -0.2) is 4.57 Å². The zero-order chi connectivity index (χ0) is 44.6. The Labute approximate surface area is 372 Å². The number of phosphoric ester groups is 1. The summed E-state index contributed by atoms with van der Waals surface area (Å²) in [7, 11) is -4.39. The highest BCUT2D eigenvalue weighted by Crippen LogP contribution is 2.43. The van der Waals surface area contributed by atoms with E-state index in [0.717, 1.165) is 116 Å². The van der Waals surface area contributed by atoms with E-state index in [1.807, 2.05) is 0 Å². The molecular formula is C51H86NO8P. The Hall–Kier alpha value is -3.07. The molecule has 61 heavy (non-hydrogen) atoms. The van der Waals surface area contributed by atoms with Crippen LogP contribution >= 0.6 is 7.82 Å². The minimum Gasteiger partial charge on any atom is -0.462 e. The number of rotatable bonds is 43. The summed E-state index contributed by atoms with van der Waals surface area (Å²) >= 11 is 0. The topological polar surface area (TPSA) is 134 Å². The number of esters is 2. The molecule has 0 amide bonds. The van der Waals surface area contributed by atoms with Crippen LogP contribution in [0.5, 0.6) is 0 Å². The normalized spacial score (nSPS) is 14.1. The van der Waals surface area contributed by atoms with E-state index in [1.165, 1.54) is 25.7 Å². The Morgan fingerprint density at radius 2 is 0.902 bits per heavy atom. The molecule has 0 radical (unpaired) electrons. The molecule has 0 aromatic rings. The average molecular weight is 872 g/mol. The molecule has 0 spiro atoms. The largest absolute Gasteiger partial charge is 0.472 e. The lowest BCUT2D eigenvalue weighted by Gasteiger charge is -2.19. The van der Waals surface area contributed by atoms with E-state index in [0.29, 0.717) is 12.8 Å². The van der Waals surface area contributed by atoms with Crippen molar-refractivity contribution in [3.05, 3.63) is 97.2 Å². The minimum absolute atomic E-state index is 0.0432. The monoisotopic (exact) mass is 872 g/mol. The molecular weight excluding hydrogens is 786 g/mol. The van der Waals surface area contributed by atoms with E-state index >= 15 is 0 Å². The van der Waals surface area contributed by atoms with Crippen LogP contribution in [0.4, 0.5) is 0 Å². The van der Waals surface area contributed by atoms with Crippen molar-refractivity contribution in [2.24, 2.45) is 5.73 Å². The molecule has 0 saturated carbocycles. The number of carbonyl (C=O) groups excluding carboxylic acids is 2. The van der Waals surface area contributed by atoms with Crippen LogP contribution < -0.4 is 5.73 Å². The number of ether oxygens (including phenoxy) is 2. The molecule has 0 heterocycles. The zero-order valence-corrected chi connectivity index (χ0v) is 39.3. The number of nitrogens with two attached hydrogens (primary N) is 1. The Morgan fingerprint density at radius 3 is 1.34 bits per heavy atom. The highest BCUT2D eigenvalue weighted by Gasteiger charge is 2.26. The first-order valence-corrected chi connectivity index (χ1v) is 25.2. The fourth-order valence-corrected chi connectivity index (χ4v) is 6.73. The number of hydrogen-bond acceptors (Lipinski definition) is 8. The molecule has 0 saturated heterocycles. The first-order valence-electron chi connectivity index (χ1n) is 23.7. The number of phosphoric acid groups is 1. The zero-order valence-electron chi connectivity index (χ0n) is 38.4. The van der Waals surface area contributed by atoms with Gasteiger partial charge in [-0.3, -0.25) is 18.6 Å². The first-order chi connectivity index (χ1) is 29.8. The van der Waals surface area contributed by atoms with Crippen molar-refractivity contribution in [3.8, 4) is 0 Å². The van der Waals surface area contributed by atoms with E-state index in [9.17, 15) is 19.0 Å². The number of hydrogen-bond donors (Lipinski definition) is 2. The number of unbranched alkanes of at least 4 members (excludes halogenated alkanes) is 14. The van der Waals surface area contributed by atoms with Gasteiger partial charge in [0.05, 0.1) is 13.2 Å². The summed E-state index contributed by atoms with van der Waals surface area (Å²) in [5.74, 6) is -0.870. The first kappa shape index (κ1) is 57.9. The van der Waals surface area contributed by atoms with E-state index < -0.39 is 32.5 Å². The molecule has 2 atom stereocenters. The summed E-state index contributed by atoms with van der Waals surface area (Å²) in [5.41, 5.74) is 5.35. The Bertz CT molecular complexity index is 1320. The van der Waals surface area contributed by atoms with Crippen LogP contribution in [-0.2, 0) is 32.7 Å². The molecule has 2 unspecified atom stereocenters. The molecule has 0 aromatic heterocycles. The summed E-state index contributed by atoms with van der Waals surface area (Å²) in [4.78, 5) is 35.0. The third-order valence-corrected chi connectivity index (χ3v) is 10.4. The van der Waals surface area contributed by atoms with Crippen molar-refractivity contribution in [2.45, 2.75) is 187 Å². The van der Waals surface area contributed by atoms with Crippen molar-refractivity contribution in [1.82, 2.24) is 0 Å². The van der Waals surface area contributed by atoms with Crippen molar-refractivity contribution < 1.29 is 37.6 Å². The fraction of sp³-hybridized carbons (Fsp3) is 0.647. The number of carbonyl (C=O) groups is 2. The second-order valence-electron chi connectivity index (χ2n) is 15.2. The molecule has 10 heteroatoms. The van der Waals surface area contributed by atoms with Crippen LogP contribution in [0, 0.1) is 0 Å². The van der Waals surface area contributed by atoms with Gasteiger partial charge in [0.15, 0.2) is 6.10 Å². The Balaban J connectivity index is 4.17. The Morgan fingerprint density at radius 1 is 0.508 bits per heavy atom. The molecule has 9 nitrogen and oxygen atoms in total. The highest BCUT2D eigenvalue weighted by molar-refractivity contribution is 7.47. The number of allylic oxidation sites excluding steroid dienone is 16. The van der Waals surface area contributed by atoms with Gasteiger partial charge in [0.25, 0.3) is 0 Å². The van der Waals surface area contributed by atoms with Crippen molar-refractivity contribution in [3.63, 3.8) is 0 Å². The fourth-order valence-electron chi connectivity index (χ4n) is 5.96. The summed E-state index contributed by atoms with van der Waals surface area (Å²) in [6, 6.07) is 0. The molecule has 0 aliphatic heterocycles. The van der Waals surface area contributed by atoms with Crippen LogP contribution in [0.1, 0.15) is 181 Å². The minimum atomic E-state index is -4.39. The maximum absolute atomic E-state index is 12.6. The molecule has 0 aromatic carbocycles. The molecule has 0 aliphatic rings. The predicted octanol–water partition coefficient (Wildman–Crippen LogP) is 14.2. The maximum atomic E-state index is 12.6. The molecule has 0 rings (SSSR count). The van der Waals surface area contributed by atoms with Gasteiger partial charge in [-0.15, -0.1) is 0 Å². The van der Waals surface area contributed by atoms with Gasteiger partial charge >= 0.3 is 19.8 Å². The van der Waals surface area contributed by atoms with Crippen molar-refractivity contribution in [2.75, 3.05) is 26.4 Å². The molecule has 0 aliphatic carbocycles. The van der Waals surface area contributed by atoms with Gasteiger partial charge in [0.2, 0.25) is 0 Å². The highest BCUT2D eigenvalue weighted by atomic mass is 31.2. The van der Waals surface area contributed by atoms with Gasteiger partial charge in [0.1, 0.15) is 6.61 Å². The lowest BCUT2D eigenvalue weighted by atomic mass is 10.1. The summed E-state index contributed by atoms with van der Waals surface area (Å²) < 4.78 is 32.8. The van der Waals surface area contributed by atoms with Gasteiger partial charge in [-0.1, -0.05) is 169 Å². The van der Waals surface area contributed by atoms with E-state index in [2.05, 4.69) is 111 Å². The van der Waals surface area contributed by atoms with Crippen LogP contribution in [0.2, 0.25) is 0 Å². The average Bonchev–Trinajstić information content (AvgIpc) is 3.25. The Kier molecular flexibility index (Phi) is 44.1. The SMILES string of the molecule is CC/C=C\C/C=C\C/C=C\C/C=C\C/C=C\C/C=C\CCCCCCCCC(=O)OC(COC(=O)CCCCCCC/C=C\C/C=C\CCCCC)COP(=O)(O)OCCN. The molecule has 348 valence electrons. The van der Waals surface area contributed by atoms with Crippen molar-refractivity contribution >= 4 is 19.8 Å². The van der Waals surface area contributed by atoms with E-state index in [4.69, 9.17) is 24.3 Å². The molecule has 0 fully saturated rings. The quantitative estimate of drug-likeness (QED) is 0.0266. The summed E-state index contributed by atoms with van der Waals surface area (Å²) in [6.45, 7) is 3.54. The van der Waals surface area contributed by atoms with Crippen molar-refractivity contribution in [1.29, 1.82) is 0 Å². The smallest absolute Gasteiger partial charge is 0.462 e. The van der Waals surface area contributed by atoms with Gasteiger partial charge in [-0.2, -0.15) is 0 Å². The second kappa shape index (κ2) is 46.4. The standard InChI is InChI=1S/C51H86NO8P/c1-3-5-7-9-11-13-15-17-19-20-21-22-23-24-25-26-27-28-30-32-34-36-38-40-42-44-51(54)60-49(48-59-61(55,56)58-46-45-52)47-57-50(53)43-41-39-37-35-33-31-29-18-16-14-12-10-8-6-4-2/h5,7,11-14,17-19,21-22,24-25,27-29,49H,3-4,6,8-10,15-16,20,23,26,30-48,52H2,1-2H3,(H,55,56)/b7-5-,13-11-,14-12-,19-17-,22-21-,25-24-,28-27-,29-18-.